The van der Waals surface area contributed by atoms with Crippen LogP contribution in [0.2, 0.25) is 0 Å². The molecule has 0 unspecified atom stereocenters. The van der Waals surface area contributed by atoms with Crippen molar-refractivity contribution in [2.75, 3.05) is 26.0 Å². The van der Waals surface area contributed by atoms with Crippen LogP contribution in [-0.4, -0.2) is 41.6 Å². The zero-order valence-corrected chi connectivity index (χ0v) is 18.2. The van der Waals surface area contributed by atoms with E-state index in [-0.39, 0.29) is 12.3 Å². The van der Waals surface area contributed by atoms with Crippen molar-refractivity contribution >= 4 is 11.6 Å². The van der Waals surface area contributed by atoms with E-state index in [0.29, 0.717) is 24.1 Å². The maximum absolute atomic E-state index is 12.3. The van der Waals surface area contributed by atoms with Gasteiger partial charge in [0, 0.05) is 30.6 Å². The van der Waals surface area contributed by atoms with Crippen molar-refractivity contribution in [3.8, 4) is 11.4 Å². The molecular formula is C24H30N4O2. The summed E-state index contributed by atoms with van der Waals surface area (Å²) in [6.45, 7) is 5.32. The van der Waals surface area contributed by atoms with E-state index < -0.39 is 0 Å². The van der Waals surface area contributed by atoms with Gasteiger partial charge in [0.05, 0.1) is 0 Å². The first-order valence-corrected chi connectivity index (χ1v) is 10.4. The highest BCUT2D eigenvalue weighted by atomic mass is 16.5. The van der Waals surface area contributed by atoms with Gasteiger partial charge in [-0.05, 0) is 49.7 Å². The van der Waals surface area contributed by atoms with Crippen molar-refractivity contribution in [3.63, 3.8) is 0 Å². The minimum Gasteiger partial charge on any atom is -0.339 e. The molecule has 3 rings (SSSR count). The molecule has 0 saturated heterocycles. The van der Waals surface area contributed by atoms with Crippen LogP contribution in [0.15, 0.2) is 53.1 Å². The Morgan fingerprint density at radius 2 is 1.73 bits per heavy atom. The molecule has 0 atom stereocenters. The smallest absolute Gasteiger partial charge is 0.227 e. The second-order valence-corrected chi connectivity index (χ2v) is 8.09. The summed E-state index contributed by atoms with van der Waals surface area (Å²) in [7, 11) is 4.12. The number of rotatable bonds is 9. The summed E-state index contributed by atoms with van der Waals surface area (Å²) in [5.74, 6) is 1.42. The molecule has 6 nitrogen and oxygen atoms in total. The quantitative estimate of drug-likeness (QED) is 0.565. The maximum Gasteiger partial charge on any atom is 0.227 e. The van der Waals surface area contributed by atoms with Crippen molar-refractivity contribution in [1.82, 2.24) is 15.0 Å². The lowest BCUT2D eigenvalue weighted by Crippen LogP contribution is -2.15. The highest BCUT2D eigenvalue weighted by molar-refractivity contribution is 5.90. The molecule has 1 amide bonds. The lowest BCUT2D eigenvalue weighted by molar-refractivity contribution is -0.116. The van der Waals surface area contributed by atoms with Gasteiger partial charge in [-0.25, -0.2) is 0 Å². The molecule has 0 radical (unpaired) electrons. The maximum atomic E-state index is 12.3. The van der Waals surface area contributed by atoms with Gasteiger partial charge < -0.3 is 14.7 Å². The van der Waals surface area contributed by atoms with E-state index in [2.05, 4.69) is 60.4 Å². The Morgan fingerprint density at radius 3 is 2.37 bits per heavy atom. The van der Waals surface area contributed by atoms with Gasteiger partial charge in [-0.2, -0.15) is 4.98 Å². The molecule has 0 fully saturated rings. The van der Waals surface area contributed by atoms with E-state index >= 15 is 0 Å². The molecule has 1 N–H and O–H groups in total. The number of aryl methyl sites for hydroxylation is 1. The van der Waals surface area contributed by atoms with E-state index in [1.807, 2.05) is 36.4 Å². The van der Waals surface area contributed by atoms with Gasteiger partial charge in [-0.15, -0.1) is 0 Å². The number of amides is 1. The Balaban J connectivity index is 1.49. The highest BCUT2D eigenvalue weighted by Crippen LogP contribution is 2.21. The summed E-state index contributed by atoms with van der Waals surface area (Å²) in [6.07, 6.45) is 1.68. The average molecular weight is 407 g/mol. The zero-order valence-electron chi connectivity index (χ0n) is 18.2. The number of anilines is 1. The first-order valence-electron chi connectivity index (χ1n) is 10.4. The van der Waals surface area contributed by atoms with Gasteiger partial charge in [0.15, 0.2) is 0 Å². The number of benzene rings is 2. The molecule has 0 aliphatic rings. The minimum absolute atomic E-state index is 0.0722. The monoisotopic (exact) mass is 406 g/mol. The molecule has 0 aliphatic carbocycles. The third kappa shape index (κ3) is 6.26. The number of hydrogen-bond acceptors (Lipinski definition) is 5. The molecule has 158 valence electrons. The number of nitrogens with one attached hydrogen (secondary N) is 1. The van der Waals surface area contributed by atoms with Crippen LogP contribution in [0.5, 0.6) is 0 Å². The minimum atomic E-state index is -0.0722. The SMILES string of the molecule is CC(C)c1ccc(-c2noc(CCC(=O)Nc3ccc(CCN(C)C)cc3)n2)cc1. The fourth-order valence-corrected chi connectivity index (χ4v) is 3.04. The number of aromatic nitrogens is 2. The standard InChI is InChI=1S/C24H30N4O2/c1-17(2)19-7-9-20(10-8-19)24-26-23(30-27-24)14-13-22(29)25-21-11-5-18(6-12-21)15-16-28(3)4/h5-12,17H,13-16H2,1-4H3,(H,25,29). The average Bonchev–Trinajstić information content (AvgIpc) is 3.21. The Labute approximate surface area is 178 Å². The summed E-state index contributed by atoms with van der Waals surface area (Å²) >= 11 is 0. The van der Waals surface area contributed by atoms with Crippen molar-refractivity contribution < 1.29 is 9.32 Å². The van der Waals surface area contributed by atoms with E-state index in [4.69, 9.17) is 4.52 Å². The second-order valence-electron chi connectivity index (χ2n) is 8.09. The molecule has 3 aromatic rings. The largest absolute Gasteiger partial charge is 0.339 e. The number of nitrogens with zero attached hydrogens (tertiary/aromatic N) is 3. The van der Waals surface area contributed by atoms with Gasteiger partial charge in [0.1, 0.15) is 0 Å². The van der Waals surface area contributed by atoms with Crippen LogP contribution in [0.1, 0.15) is 43.2 Å². The Morgan fingerprint density at radius 1 is 1.03 bits per heavy atom. The predicted octanol–water partition coefficient (Wildman–Crippen LogP) is 4.54. The van der Waals surface area contributed by atoms with Crippen molar-refractivity contribution in [1.29, 1.82) is 0 Å². The van der Waals surface area contributed by atoms with E-state index in [1.165, 1.54) is 11.1 Å². The fraction of sp³-hybridized carbons (Fsp3) is 0.375. The molecule has 6 heteroatoms. The molecule has 1 aromatic heterocycles. The number of carbonyl (C=O) groups is 1. The molecule has 0 spiro atoms. The van der Waals surface area contributed by atoms with Gasteiger partial charge in [0.2, 0.25) is 17.6 Å². The number of likely N-dealkylation sites (N-methyl/N-ethyl adjacent to an activating group) is 1. The van der Waals surface area contributed by atoms with Crippen LogP contribution in [0.4, 0.5) is 5.69 Å². The molecule has 30 heavy (non-hydrogen) atoms. The molecule has 1 heterocycles. The van der Waals surface area contributed by atoms with Crippen LogP contribution in [0, 0.1) is 0 Å². The van der Waals surface area contributed by atoms with E-state index in [0.717, 1.165) is 24.2 Å². The summed E-state index contributed by atoms with van der Waals surface area (Å²) in [5.41, 5.74) is 4.23. The molecule has 0 aliphatic heterocycles. The summed E-state index contributed by atoms with van der Waals surface area (Å²) < 4.78 is 5.31. The van der Waals surface area contributed by atoms with Crippen LogP contribution in [0.25, 0.3) is 11.4 Å². The lowest BCUT2D eigenvalue weighted by Gasteiger charge is -2.10. The van der Waals surface area contributed by atoms with Crippen LogP contribution in [0.3, 0.4) is 0 Å². The number of carbonyl (C=O) groups excluding carboxylic acids is 1. The normalized spacial score (nSPS) is 11.3. The van der Waals surface area contributed by atoms with Crippen molar-refractivity contribution in [2.24, 2.45) is 0 Å². The lowest BCUT2D eigenvalue weighted by atomic mass is 10.0. The van der Waals surface area contributed by atoms with E-state index in [1.54, 1.807) is 0 Å². The molecule has 2 aromatic carbocycles. The van der Waals surface area contributed by atoms with Gasteiger partial charge in [-0.3, -0.25) is 4.79 Å². The van der Waals surface area contributed by atoms with Crippen LogP contribution in [-0.2, 0) is 17.6 Å². The van der Waals surface area contributed by atoms with Crippen molar-refractivity contribution in [2.45, 2.75) is 39.0 Å². The first kappa shape index (κ1) is 21.7. The zero-order chi connectivity index (χ0) is 21.5. The molecular weight excluding hydrogens is 376 g/mol. The number of hydrogen-bond donors (Lipinski definition) is 1. The Hall–Kier alpha value is -2.99. The Kier molecular flexibility index (Phi) is 7.36. The Bertz CT molecular complexity index is 944. The van der Waals surface area contributed by atoms with Crippen LogP contribution < -0.4 is 5.32 Å². The van der Waals surface area contributed by atoms with Gasteiger partial charge >= 0.3 is 0 Å². The van der Waals surface area contributed by atoms with Crippen molar-refractivity contribution in [3.05, 3.63) is 65.5 Å². The molecule has 0 saturated carbocycles. The summed E-state index contributed by atoms with van der Waals surface area (Å²) in [6, 6.07) is 16.1. The third-order valence-electron chi connectivity index (χ3n) is 4.95. The van der Waals surface area contributed by atoms with Gasteiger partial charge in [0.25, 0.3) is 0 Å². The predicted molar refractivity (Wildman–Crippen MR) is 119 cm³/mol. The summed E-state index contributed by atoms with van der Waals surface area (Å²) in [4.78, 5) is 18.8. The fourth-order valence-electron chi connectivity index (χ4n) is 3.04. The third-order valence-corrected chi connectivity index (χ3v) is 4.95. The highest BCUT2D eigenvalue weighted by Gasteiger charge is 2.11. The summed E-state index contributed by atoms with van der Waals surface area (Å²) in [5, 5.41) is 6.96. The van der Waals surface area contributed by atoms with Gasteiger partial charge in [-0.1, -0.05) is 55.4 Å². The van der Waals surface area contributed by atoms with Crippen LogP contribution >= 0.6 is 0 Å². The topological polar surface area (TPSA) is 71.3 Å². The first-order chi connectivity index (χ1) is 14.4. The van der Waals surface area contributed by atoms with E-state index in [9.17, 15) is 4.79 Å². The second kappa shape index (κ2) is 10.2. The molecule has 0 bridgehead atoms.